The molecule has 0 heterocycles. The Hall–Kier alpha value is -0.300. The van der Waals surface area contributed by atoms with E-state index in [-0.39, 0.29) is 0 Å². The number of fused-ring (bicyclic) bond motifs is 1. The second-order valence-electron chi connectivity index (χ2n) is 9.04. The summed E-state index contributed by atoms with van der Waals surface area (Å²) in [6.45, 7) is 16.0. The predicted octanol–water partition coefficient (Wildman–Crippen LogP) is 5.73. The standard InChI is InChI=1S/C20H36O/c1-7-19(5,21)14-11-16-15(2)9-10-17-18(3,4)12-8-13-20(16,17)6/h16-17,21H,2,7-14H2,1,3-6H3. The van der Waals surface area contributed by atoms with Crippen LogP contribution < -0.4 is 0 Å². The minimum Gasteiger partial charge on any atom is -0.390 e. The summed E-state index contributed by atoms with van der Waals surface area (Å²) in [6.07, 6.45) is 9.47. The average Bonchev–Trinajstić information content (AvgIpc) is 2.36. The molecule has 2 aliphatic rings. The third-order valence-corrected chi connectivity index (χ3v) is 7.05. The molecule has 0 radical (unpaired) electrons. The minimum atomic E-state index is -0.506. The zero-order valence-corrected chi connectivity index (χ0v) is 15.0. The molecule has 122 valence electrons. The largest absolute Gasteiger partial charge is 0.390 e. The molecule has 2 aliphatic carbocycles. The molecular weight excluding hydrogens is 256 g/mol. The zero-order chi connectivity index (χ0) is 15.9. The molecule has 0 aromatic heterocycles. The van der Waals surface area contributed by atoms with Crippen LogP contribution in [0.2, 0.25) is 0 Å². The van der Waals surface area contributed by atoms with Crippen molar-refractivity contribution < 1.29 is 5.11 Å². The van der Waals surface area contributed by atoms with Gasteiger partial charge >= 0.3 is 0 Å². The first kappa shape index (κ1) is 17.1. The molecule has 0 aromatic rings. The molecule has 4 atom stereocenters. The summed E-state index contributed by atoms with van der Waals surface area (Å²) in [6, 6.07) is 0. The van der Waals surface area contributed by atoms with Gasteiger partial charge in [-0.05, 0) is 74.5 Å². The molecule has 0 aliphatic heterocycles. The lowest BCUT2D eigenvalue weighted by molar-refractivity contribution is -0.0610. The lowest BCUT2D eigenvalue weighted by atomic mass is 9.47. The van der Waals surface area contributed by atoms with Crippen LogP contribution >= 0.6 is 0 Å². The van der Waals surface area contributed by atoms with Crippen LogP contribution in [0.4, 0.5) is 0 Å². The second kappa shape index (κ2) is 5.72. The van der Waals surface area contributed by atoms with Gasteiger partial charge in [-0.2, -0.15) is 0 Å². The Morgan fingerprint density at radius 3 is 2.57 bits per heavy atom. The summed E-state index contributed by atoms with van der Waals surface area (Å²) in [5.41, 5.74) is 1.83. The van der Waals surface area contributed by atoms with Crippen LogP contribution in [0.1, 0.15) is 86.0 Å². The summed E-state index contributed by atoms with van der Waals surface area (Å²) >= 11 is 0. The van der Waals surface area contributed by atoms with E-state index in [0.717, 1.165) is 25.2 Å². The molecule has 1 N–H and O–H groups in total. The average molecular weight is 293 g/mol. The van der Waals surface area contributed by atoms with Crippen LogP contribution in [0.3, 0.4) is 0 Å². The van der Waals surface area contributed by atoms with Crippen molar-refractivity contribution in [1.29, 1.82) is 0 Å². The number of allylic oxidation sites excluding steroid dienone is 1. The molecule has 21 heavy (non-hydrogen) atoms. The fourth-order valence-electron chi connectivity index (χ4n) is 5.44. The molecule has 2 saturated carbocycles. The Morgan fingerprint density at radius 2 is 1.95 bits per heavy atom. The van der Waals surface area contributed by atoms with Gasteiger partial charge in [-0.15, -0.1) is 0 Å². The molecule has 1 heteroatoms. The van der Waals surface area contributed by atoms with Crippen LogP contribution in [0.25, 0.3) is 0 Å². The van der Waals surface area contributed by atoms with Crippen LogP contribution in [0.15, 0.2) is 12.2 Å². The molecule has 0 amide bonds. The van der Waals surface area contributed by atoms with Crippen molar-refractivity contribution in [3.63, 3.8) is 0 Å². The highest BCUT2D eigenvalue weighted by Gasteiger charge is 2.52. The maximum atomic E-state index is 10.4. The van der Waals surface area contributed by atoms with Gasteiger partial charge in [0.1, 0.15) is 0 Å². The van der Waals surface area contributed by atoms with Crippen LogP contribution in [0, 0.1) is 22.7 Å². The Kier molecular flexibility index (Phi) is 4.65. The number of rotatable bonds is 4. The molecule has 0 saturated heterocycles. The van der Waals surface area contributed by atoms with Gasteiger partial charge in [-0.25, -0.2) is 0 Å². The SMILES string of the molecule is C=C1CCC2C(C)(C)CCCC2(C)C1CCC(C)(O)CC. The van der Waals surface area contributed by atoms with Gasteiger partial charge in [0.2, 0.25) is 0 Å². The molecule has 0 aromatic carbocycles. The molecule has 4 unspecified atom stereocenters. The van der Waals surface area contributed by atoms with E-state index in [0.29, 0.717) is 16.7 Å². The van der Waals surface area contributed by atoms with Crippen molar-refractivity contribution in [3.05, 3.63) is 12.2 Å². The predicted molar refractivity (Wildman–Crippen MR) is 91.2 cm³/mol. The molecular formula is C20H36O. The highest BCUT2D eigenvalue weighted by Crippen LogP contribution is 2.61. The first-order valence-corrected chi connectivity index (χ1v) is 9.02. The molecule has 2 rings (SSSR count). The van der Waals surface area contributed by atoms with E-state index < -0.39 is 5.60 Å². The quantitative estimate of drug-likeness (QED) is 0.656. The van der Waals surface area contributed by atoms with Gasteiger partial charge in [-0.1, -0.05) is 46.3 Å². The molecule has 0 bridgehead atoms. The first-order chi connectivity index (χ1) is 9.62. The number of hydrogen-bond donors (Lipinski definition) is 1. The summed E-state index contributed by atoms with van der Waals surface area (Å²) < 4.78 is 0. The number of aliphatic hydroxyl groups is 1. The van der Waals surface area contributed by atoms with Crippen molar-refractivity contribution in [2.75, 3.05) is 0 Å². The maximum absolute atomic E-state index is 10.4. The molecule has 0 spiro atoms. The van der Waals surface area contributed by atoms with Crippen molar-refractivity contribution in [1.82, 2.24) is 0 Å². The van der Waals surface area contributed by atoms with Crippen molar-refractivity contribution >= 4 is 0 Å². The first-order valence-electron chi connectivity index (χ1n) is 9.02. The Labute approximate surface area is 132 Å². The topological polar surface area (TPSA) is 20.2 Å². The van der Waals surface area contributed by atoms with Gasteiger partial charge in [0.15, 0.2) is 0 Å². The monoisotopic (exact) mass is 292 g/mol. The fraction of sp³-hybridized carbons (Fsp3) is 0.900. The maximum Gasteiger partial charge on any atom is 0.0617 e. The van der Waals surface area contributed by atoms with E-state index in [2.05, 4.69) is 34.3 Å². The highest BCUT2D eigenvalue weighted by molar-refractivity contribution is 5.15. The van der Waals surface area contributed by atoms with Crippen LogP contribution in [-0.2, 0) is 0 Å². The van der Waals surface area contributed by atoms with Crippen molar-refractivity contribution in [2.24, 2.45) is 22.7 Å². The third-order valence-electron chi connectivity index (χ3n) is 7.05. The van der Waals surface area contributed by atoms with E-state index in [1.54, 1.807) is 0 Å². The summed E-state index contributed by atoms with van der Waals surface area (Å²) in [5.74, 6) is 1.43. The van der Waals surface area contributed by atoms with Crippen LogP contribution in [0.5, 0.6) is 0 Å². The van der Waals surface area contributed by atoms with Crippen LogP contribution in [-0.4, -0.2) is 10.7 Å². The fourth-order valence-corrected chi connectivity index (χ4v) is 5.44. The Bertz CT molecular complexity index is 393. The van der Waals surface area contributed by atoms with Crippen molar-refractivity contribution in [3.8, 4) is 0 Å². The van der Waals surface area contributed by atoms with Gasteiger partial charge < -0.3 is 5.11 Å². The number of hydrogen-bond acceptors (Lipinski definition) is 1. The zero-order valence-electron chi connectivity index (χ0n) is 15.0. The van der Waals surface area contributed by atoms with E-state index in [1.165, 1.54) is 37.7 Å². The lowest BCUT2D eigenvalue weighted by Crippen LogP contribution is -2.49. The van der Waals surface area contributed by atoms with Gasteiger partial charge in [0, 0.05) is 0 Å². The Balaban J connectivity index is 2.20. The smallest absolute Gasteiger partial charge is 0.0617 e. The van der Waals surface area contributed by atoms with Gasteiger partial charge in [0.25, 0.3) is 0 Å². The normalized spacial score (nSPS) is 38.7. The summed E-state index contributed by atoms with van der Waals surface area (Å²) in [7, 11) is 0. The lowest BCUT2D eigenvalue weighted by Gasteiger charge is -2.58. The van der Waals surface area contributed by atoms with E-state index in [1.807, 2.05) is 6.92 Å². The highest BCUT2D eigenvalue weighted by atomic mass is 16.3. The van der Waals surface area contributed by atoms with E-state index in [4.69, 9.17) is 0 Å². The minimum absolute atomic E-state index is 0.404. The Morgan fingerprint density at radius 1 is 1.29 bits per heavy atom. The summed E-state index contributed by atoms with van der Waals surface area (Å²) in [4.78, 5) is 0. The van der Waals surface area contributed by atoms with Crippen molar-refractivity contribution in [2.45, 2.75) is 91.6 Å². The third kappa shape index (κ3) is 3.23. The molecule has 1 nitrogen and oxygen atoms in total. The van der Waals surface area contributed by atoms with E-state index >= 15 is 0 Å². The van der Waals surface area contributed by atoms with Gasteiger partial charge in [0.05, 0.1) is 5.60 Å². The second-order valence-corrected chi connectivity index (χ2v) is 9.04. The van der Waals surface area contributed by atoms with Gasteiger partial charge in [-0.3, -0.25) is 0 Å². The molecule has 2 fully saturated rings. The van der Waals surface area contributed by atoms with E-state index in [9.17, 15) is 5.11 Å². The summed E-state index contributed by atoms with van der Waals surface area (Å²) in [5, 5.41) is 10.4.